The van der Waals surface area contributed by atoms with Crippen LogP contribution in [0.2, 0.25) is 0 Å². The molecule has 0 fully saturated rings. The first-order chi connectivity index (χ1) is 12.5. The van der Waals surface area contributed by atoms with Gasteiger partial charge in [-0.2, -0.15) is 4.99 Å². The van der Waals surface area contributed by atoms with E-state index in [0.717, 1.165) is 26.4 Å². The molecule has 1 aromatic heterocycles. The molecule has 0 unspecified atom stereocenters. The fraction of sp³-hybridized carbons (Fsp3) is 0.200. The van der Waals surface area contributed by atoms with Gasteiger partial charge in [-0.1, -0.05) is 22.0 Å². The Morgan fingerprint density at radius 1 is 1.23 bits per heavy atom. The van der Waals surface area contributed by atoms with Gasteiger partial charge in [-0.25, -0.2) is 0 Å². The lowest BCUT2D eigenvalue weighted by Crippen LogP contribution is -2.14. The van der Waals surface area contributed by atoms with Crippen molar-refractivity contribution in [3.8, 4) is 17.0 Å². The molecule has 0 atom stereocenters. The summed E-state index contributed by atoms with van der Waals surface area (Å²) in [6.07, 6.45) is 0. The summed E-state index contributed by atoms with van der Waals surface area (Å²) in [5.74, 6) is 0.600. The zero-order valence-electron chi connectivity index (χ0n) is 14.8. The Kier molecular flexibility index (Phi) is 5.74. The highest BCUT2D eigenvalue weighted by Crippen LogP contribution is 2.26. The fourth-order valence-electron chi connectivity index (χ4n) is 2.73. The minimum atomic E-state index is -0.249. The number of carbonyl (C=O) groups excluding carboxylic acids is 1. The van der Waals surface area contributed by atoms with Crippen LogP contribution in [0.4, 0.5) is 0 Å². The van der Waals surface area contributed by atoms with E-state index < -0.39 is 0 Å². The van der Waals surface area contributed by atoms with Crippen LogP contribution in [0.15, 0.2) is 58.0 Å². The molecule has 0 spiro atoms. The number of aryl methyl sites for hydroxylation is 1. The van der Waals surface area contributed by atoms with Gasteiger partial charge < -0.3 is 9.30 Å². The zero-order chi connectivity index (χ0) is 18.7. The lowest BCUT2D eigenvalue weighted by atomic mass is 10.1. The topological polar surface area (TPSA) is 43.6 Å². The van der Waals surface area contributed by atoms with Crippen molar-refractivity contribution in [2.75, 3.05) is 6.61 Å². The summed E-state index contributed by atoms with van der Waals surface area (Å²) in [4.78, 5) is 18.6. The quantitative estimate of drug-likeness (QED) is 0.586. The molecule has 3 aromatic rings. The van der Waals surface area contributed by atoms with Crippen LogP contribution in [0.1, 0.15) is 22.2 Å². The molecule has 3 rings (SSSR count). The summed E-state index contributed by atoms with van der Waals surface area (Å²) in [7, 11) is 1.93. The van der Waals surface area contributed by atoms with E-state index >= 15 is 0 Å². The lowest BCUT2D eigenvalue weighted by molar-refractivity contribution is 0.0998. The zero-order valence-corrected chi connectivity index (χ0v) is 17.2. The lowest BCUT2D eigenvalue weighted by Gasteiger charge is -2.07. The van der Waals surface area contributed by atoms with Gasteiger partial charge in [-0.05, 0) is 61.9 Å². The second-order valence-corrected chi connectivity index (χ2v) is 7.83. The van der Waals surface area contributed by atoms with Gasteiger partial charge in [0, 0.05) is 22.0 Å². The summed E-state index contributed by atoms with van der Waals surface area (Å²) in [6.45, 7) is 4.65. The van der Waals surface area contributed by atoms with Crippen LogP contribution in [0.5, 0.6) is 5.75 Å². The number of rotatable bonds is 4. The van der Waals surface area contributed by atoms with Gasteiger partial charge in [0.15, 0.2) is 4.80 Å². The molecule has 0 aliphatic heterocycles. The normalized spacial score (nSPS) is 11.6. The number of nitrogens with zero attached hydrogens (tertiary/aromatic N) is 2. The van der Waals surface area contributed by atoms with E-state index in [0.29, 0.717) is 17.0 Å². The Morgan fingerprint density at radius 2 is 1.96 bits per heavy atom. The number of hydrogen-bond donors (Lipinski definition) is 0. The Labute approximate surface area is 164 Å². The van der Waals surface area contributed by atoms with Crippen LogP contribution in [-0.4, -0.2) is 17.1 Å². The minimum Gasteiger partial charge on any atom is -0.494 e. The summed E-state index contributed by atoms with van der Waals surface area (Å²) in [5.41, 5.74) is 2.69. The van der Waals surface area contributed by atoms with Crippen LogP contribution >= 0.6 is 27.3 Å². The fourth-order valence-corrected chi connectivity index (χ4v) is 4.11. The minimum absolute atomic E-state index is 0.249. The molecular formula is C20H19BrN2O2S. The molecule has 0 N–H and O–H groups in total. The monoisotopic (exact) mass is 430 g/mol. The van der Waals surface area contributed by atoms with Crippen LogP contribution in [0.25, 0.3) is 11.3 Å². The van der Waals surface area contributed by atoms with Crippen molar-refractivity contribution in [2.24, 2.45) is 12.0 Å². The summed E-state index contributed by atoms with van der Waals surface area (Å²) in [6, 6.07) is 15.2. The first kappa shape index (κ1) is 18.6. The van der Waals surface area contributed by atoms with E-state index in [1.165, 1.54) is 11.3 Å². The standard InChI is InChI=1S/C20H19BrN2O2S/c1-4-25-17-10-8-14(9-11-17)18-13(2)26-20(23(18)3)22-19(24)15-6-5-7-16(21)12-15/h5-12H,4H2,1-3H3. The van der Waals surface area contributed by atoms with E-state index in [9.17, 15) is 4.79 Å². The summed E-state index contributed by atoms with van der Waals surface area (Å²) < 4.78 is 8.33. The number of halogens is 1. The highest BCUT2D eigenvalue weighted by Gasteiger charge is 2.12. The molecule has 1 heterocycles. The van der Waals surface area contributed by atoms with Gasteiger partial charge in [0.25, 0.3) is 5.91 Å². The smallest absolute Gasteiger partial charge is 0.279 e. The molecule has 2 aromatic carbocycles. The van der Waals surface area contributed by atoms with Crippen molar-refractivity contribution in [1.29, 1.82) is 0 Å². The molecule has 0 saturated heterocycles. The van der Waals surface area contributed by atoms with Crippen molar-refractivity contribution in [2.45, 2.75) is 13.8 Å². The highest BCUT2D eigenvalue weighted by molar-refractivity contribution is 9.10. The first-order valence-corrected chi connectivity index (χ1v) is 9.85. The van der Waals surface area contributed by atoms with Gasteiger partial charge in [0.2, 0.25) is 0 Å². The Balaban J connectivity index is 1.98. The third-order valence-electron chi connectivity index (χ3n) is 3.91. The molecule has 0 aliphatic carbocycles. The Hall–Kier alpha value is -2.18. The molecule has 26 heavy (non-hydrogen) atoms. The highest BCUT2D eigenvalue weighted by atomic mass is 79.9. The average Bonchev–Trinajstić information content (AvgIpc) is 2.89. The maximum atomic E-state index is 12.5. The number of ether oxygens (including phenoxy) is 1. The third-order valence-corrected chi connectivity index (χ3v) is 5.45. The number of hydrogen-bond acceptors (Lipinski definition) is 3. The van der Waals surface area contributed by atoms with E-state index in [-0.39, 0.29) is 5.91 Å². The number of benzene rings is 2. The van der Waals surface area contributed by atoms with Crippen LogP contribution in [0, 0.1) is 6.92 Å². The predicted molar refractivity (Wildman–Crippen MR) is 109 cm³/mol. The molecule has 4 nitrogen and oxygen atoms in total. The van der Waals surface area contributed by atoms with Crippen molar-refractivity contribution >= 4 is 33.2 Å². The van der Waals surface area contributed by atoms with Crippen LogP contribution in [-0.2, 0) is 7.05 Å². The van der Waals surface area contributed by atoms with E-state index in [2.05, 4.69) is 20.9 Å². The molecule has 134 valence electrons. The maximum absolute atomic E-state index is 12.5. The molecule has 0 radical (unpaired) electrons. The number of carbonyl (C=O) groups is 1. The molecular weight excluding hydrogens is 412 g/mol. The molecule has 0 bridgehead atoms. The summed E-state index contributed by atoms with van der Waals surface area (Å²) in [5, 5.41) is 0. The molecule has 6 heteroatoms. The third kappa shape index (κ3) is 3.97. The SMILES string of the molecule is CCOc1ccc(-c2c(C)sc(=NC(=O)c3cccc(Br)c3)n2C)cc1. The molecule has 1 amide bonds. The largest absolute Gasteiger partial charge is 0.494 e. The van der Waals surface area contributed by atoms with E-state index in [1.807, 2.05) is 61.9 Å². The number of amides is 1. The van der Waals surface area contributed by atoms with Gasteiger partial charge in [0.05, 0.1) is 12.3 Å². The van der Waals surface area contributed by atoms with Gasteiger partial charge in [-0.3, -0.25) is 4.79 Å². The second-order valence-electron chi connectivity index (χ2n) is 5.73. The van der Waals surface area contributed by atoms with Crippen molar-refractivity contribution in [3.63, 3.8) is 0 Å². The maximum Gasteiger partial charge on any atom is 0.279 e. The van der Waals surface area contributed by atoms with E-state index in [4.69, 9.17) is 4.74 Å². The van der Waals surface area contributed by atoms with Gasteiger partial charge >= 0.3 is 0 Å². The summed E-state index contributed by atoms with van der Waals surface area (Å²) >= 11 is 4.90. The Bertz CT molecular complexity index is 1000. The van der Waals surface area contributed by atoms with Crippen molar-refractivity contribution in [1.82, 2.24) is 4.57 Å². The van der Waals surface area contributed by atoms with Crippen molar-refractivity contribution < 1.29 is 9.53 Å². The van der Waals surface area contributed by atoms with E-state index in [1.54, 1.807) is 12.1 Å². The number of thiazole rings is 1. The predicted octanol–water partition coefficient (Wildman–Crippen LogP) is 4.96. The second kappa shape index (κ2) is 8.01. The van der Waals surface area contributed by atoms with Crippen LogP contribution < -0.4 is 9.54 Å². The molecule has 0 saturated carbocycles. The average molecular weight is 431 g/mol. The first-order valence-electron chi connectivity index (χ1n) is 8.24. The Morgan fingerprint density at radius 3 is 2.62 bits per heavy atom. The van der Waals surface area contributed by atoms with Crippen molar-refractivity contribution in [3.05, 3.63) is 68.2 Å². The number of aromatic nitrogens is 1. The molecule has 0 aliphatic rings. The van der Waals surface area contributed by atoms with Gasteiger partial charge in [0.1, 0.15) is 5.75 Å². The van der Waals surface area contributed by atoms with Gasteiger partial charge in [-0.15, -0.1) is 11.3 Å². The van der Waals surface area contributed by atoms with Crippen LogP contribution in [0.3, 0.4) is 0 Å².